The fraction of sp³-hybridized carbons (Fsp3) is 0.562. The molecule has 108 valence electrons. The zero-order chi connectivity index (χ0) is 14.8. The number of nitrogen functional groups attached to an aromatic ring is 1. The van der Waals surface area contributed by atoms with Gasteiger partial charge in [0, 0.05) is 12.2 Å². The third-order valence-corrected chi connectivity index (χ3v) is 4.33. The minimum atomic E-state index is -0.641. The van der Waals surface area contributed by atoms with Crippen molar-refractivity contribution in [3.05, 3.63) is 23.8 Å². The molecule has 1 aliphatic rings. The molecular formula is C16H23N3O. The van der Waals surface area contributed by atoms with Crippen LogP contribution in [0.1, 0.15) is 45.1 Å². The predicted octanol–water partition coefficient (Wildman–Crippen LogP) is 2.88. The SMILES string of the molecule is CC1(C)CCC(O)(CNc2ccc(C#N)c(N)c2)CC1. The molecule has 0 saturated heterocycles. The van der Waals surface area contributed by atoms with Gasteiger partial charge < -0.3 is 16.2 Å². The van der Waals surface area contributed by atoms with E-state index in [4.69, 9.17) is 11.0 Å². The van der Waals surface area contributed by atoms with Crippen LogP contribution in [0.25, 0.3) is 0 Å². The van der Waals surface area contributed by atoms with Crippen LogP contribution < -0.4 is 11.1 Å². The molecule has 1 aliphatic carbocycles. The Morgan fingerprint density at radius 3 is 2.50 bits per heavy atom. The zero-order valence-corrected chi connectivity index (χ0v) is 12.2. The van der Waals surface area contributed by atoms with Crippen molar-refractivity contribution in [2.24, 2.45) is 5.41 Å². The van der Waals surface area contributed by atoms with E-state index in [1.807, 2.05) is 12.1 Å². The Bertz CT molecular complexity index is 521. The van der Waals surface area contributed by atoms with Crippen molar-refractivity contribution in [3.8, 4) is 6.07 Å². The zero-order valence-electron chi connectivity index (χ0n) is 12.2. The molecule has 0 unspecified atom stereocenters. The summed E-state index contributed by atoms with van der Waals surface area (Å²) in [4.78, 5) is 0. The van der Waals surface area contributed by atoms with Gasteiger partial charge in [0.05, 0.1) is 16.9 Å². The molecule has 1 aromatic carbocycles. The summed E-state index contributed by atoms with van der Waals surface area (Å²) in [5, 5.41) is 22.7. The fourth-order valence-corrected chi connectivity index (χ4v) is 2.61. The molecule has 0 spiro atoms. The average molecular weight is 273 g/mol. The van der Waals surface area contributed by atoms with Crippen molar-refractivity contribution in [2.45, 2.75) is 45.1 Å². The topological polar surface area (TPSA) is 82.1 Å². The molecule has 2 rings (SSSR count). The highest BCUT2D eigenvalue weighted by atomic mass is 16.3. The maximum atomic E-state index is 10.6. The predicted molar refractivity (Wildman–Crippen MR) is 81.3 cm³/mol. The Balaban J connectivity index is 1.96. The van der Waals surface area contributed by atoms with Gasteiger partial charge in [-0.3, -0.25) is 0 Å². The number of rotatable bonds is 3. The number of nitriles is 1. The summed E-state index contributed by atoms with van der Waals surface area (Å²) in [6.07, 6.45) is 3.72. The minimum absolute atomic E-state index is 0.338. The Hall–Kier alpha value is -1.73. The van der Waals surface area contributed by atoms with E-state index in [2.05, 4.69) is 19.2 Å². The van der Waals surface area contributed by atoms with Crippen LogP contribution in [0.2, 0.25) is 0 Å². The van der Waals surface area contributed by atoms with E-state index in [-0.39, 0.29) is 0 Å². The van der Waals surface area contributed by atoms with Gasteiger partial charge in [-0.15, -0.1) is 0 Å². The van der Waals surface area contributed by atoms with Crippen molar-refractivity contribution in [2.75, 3.05) is 17.6 Å². The van der Waals surface area contributed by atoms with Crippen LogP contribution in [0.5, 0.6) is 0 Å². The smallest absolute Gasteiger partial charge is 0.101 e. The van der Waals surface area contributed by atoms with E-state index < -0.39 is 5.60 Å². The first-order valence-corrected chi connectivity index (χ1v) is 7.10. The van der Waals surface area contributed by atoms with Crippen LogP contribution in [-0.2, 0) is 0 Å². The lowest BCUT2D eigenvalue weighted by molar-refractivity contribution is -0.0145. The number of anilines is 2. The minimum Gasteiger partial charge on any atom is -0.398 e. The molecular weight excluding hydrogens is 250 g/mol. The highest BCUT2D eigenvalue weighted by Crippen LogP contribution is 2.40. The standard InChI is InChI=1S/C16H23N3O/c1-15(2)5-7-16(20,8-6-15)11-19-13-4-3-12(10-17)14(18)9-13/h3-4,9,19-20H,5-8,11,18H2,1-2H3. The van der Waals surface area contributed by atoms with Crippen LogP contribution in [0, 0.1) is 16.7 Å². The van der Waals surface area contributed by atoms with Crippen molar-refractivity contribution in [3.63, 3.8) is 0 Å². The van der Waals surface area contributed by atoms with Gasteiger partial charge in [-0.05, 0) is 49.3 Å². The summed E-state index contributed by atoms with van der Waals surface area (Å²) >= 11 is 0. The van der Waals surface area contributed by atoms with E-state index in [9.17, 15) is 5.11 Å². The van der Waals surface area contributed by atoms with Crippen LogP contribution in [0.15, 0.2) is 18.2 Å². The Kier molecular flexibility index (Phi) is 3.92. The maximum absolute atomic E-state index is 10.6. The molecule has 1 fully saturated rings. The third kappa shape index (κ3) is 3.43. The Morgan fingerprint density at radius 2 is 1.95 bits per heavy atom. The van der Waals surface area contributed by atoms with Gasteiger partial charge >= 0.3 is 0 Å². The molecule has 20 heavy (non-hydrogen) atoms. The highest BCUT2D eigenvalue weighted by Gasteiger charge is 2.36. The number of benzene rings is 1. The van der Waals surface area contributed by atoms with Gasteiger partial charge in [0.2, 0.25) is 0 Å². The molecule has 0 aliphatic heterocycles. The second-order valence-corrected chi connectivity index (χ2v) is 6.66. The molecule has 4 heteroatoms. The van der Waals surface area contributed by atoms with Gasteiger partial charge in [-0.1, -0.05) is 13.8 Å². The second-order valence-electron chi connectivity index (χ2n) is 6.66. The second kappa shape index (κ2) is 5.34. The van der Waals surface area contributed by atoms with Crippen LogP contribution in [-0.4, -0.2) is 17.3 Å². The number of nitrogens with two attached hydrogens (primary N) is 1. The summed E-state index contributed by atoms with van der Waals surface area (Å²) in [6.45, 7) is 5.02. The molecule has 4 nitrogen and oxygen atoms in total. The van der Waals surface area contributed by atoms with Gasteiger partial charge in [-0.25, -0.2) is 0 Å². The molecule has 1 saturated carbocycles. The van der Waals surface area contributed by atoms with E-state index in [1.165, 1.54) is 0 Å². The summed E-state index contributed by atoms with van der Waals surface area (Å²) in [7, 11) is 0. The van der Waals surface area contributed by atoms with Crippen molar-refractivity contribution >= 4 is 11.4 Å². The fourth-order valence-electron chi connectivity index (χ4n) is 2.61. The molecule has 0 heterocycles. The molecule has 0 amide bonds. The normalized spacial score (nSPS) is 20.1. The Morgan fingerprint density at radius 1 is 1.30 bits per heavy atom. The molecule has 0 radical (unpaired) electrons. The Labute approximate surface area is 120 Å². The van der Waals surface area contributed by atoms with Crippen molar-refractivity contribution in [1.29, 1.82) is 5.26 Å². The molecule has 0 atom stereocenters. The average Bonchev–Trinajstić information content (AvgIpc) is 2.41. The lowest BCUT2D eigenvalue weighted by Crippen LogP contribution is -2.42. The van der Waals surface area contributed by atoms with Gasteiger partial charge in [-0.2, -0.15) is 5.26 Å². The lowest BCUT2D eigenvalue weighted by atomic mass is 9.71. The van der Waals surface area contributed by atoms with Crippen molar-refractivity contribution < 1.29 is 5.11 Å². The molecule has 1 aromatic rings. The van der Waals surface area contributed by atoms with Crippen LogP contribution >= 0.6 is 0 Å². The van der Waals surface area contributed by atoms with E-state index >= 15 is 0 Å². The quantitative estimate of drug-likeness (QED) is 0.740. The number of hydrogen-bond acceptors (Lipinski definition) is 4. The van der Waals surface area contributed by atoms with Crippen LogP contribution in [0.4, 0.5) is 11.4 Å². The monoisotopic (exact) mass is 273 g/mol. The summed E-state index contributed by atoms with van der Waals surface area (Å²) in [5.41, 5.74) is 7.28. The largest absolute Gasteiger partial charge is 0.398 e. The van der Waals surface area contributed by atoms with Gasteiger partial charge in [0.1, 0.15) is 6.07 Å². The highest BCUT2D eigenvalue weighted by molar-refractivity contribution is 5.62. The number of nitrogens with one attached hydrogen (secondary N) is 1. The lowest BCUT2D eigenvalue weighted by Gasteiger charge is -2.40. The number of hydrogen-bond donors (Lipinski definition) is 3. The summed E-state index contributed by atoms with van der Waals surface area (Å²) < 4.78 is 0. The van der Waals surface area contributed by atoms with Gasteiger partial charge in [0.25, 0.3) is 0 Å². The summed E-state index contributed by atoms with van der Waals surface area (Å²) in [6, 6.07) is 7.31. The first-order chi connectivity index (χ1) is 9.34. The summed E-state index contributed by atoms with van der Waals surface area (Å²) in [5.74, 6) is 0. The maximum Gasteiger partial charge on any atom is 0.101 e. The molecule has 0 aromatic heterocycles. The first-order valence-electron chi connectivity index (χ1n) is 7.10. The molecule has 4 N–H and O–H groups in total. The third-order valence-electron chi connectivity index (χ3n) is 4.33. The number of nitrogens with zero attached hydrogens (tertiary/aromatic N) is 1. The van der Waals surface area contributed by atoms with Gasteiger partial charge in [0.15, 0.2) is 0 Å². The van der Waals surface area contributed by atoms with Crippen molar-refractivity contribution in [1.82, 2.24) is 0 Å². The molecule has 0 bridgehead atoms. The number of aliphatic hydroxyl groups is 1. The first kappa shape index (κ1) is 14.7. The van der Waals surface area contributed by atoms with E-state index in [0.717, 1.165) is 31.4 Å². The van der Waals surface area contributed by atoms with E-state index in [0.29, 0.717) is 23.2 Å². The van der Waals surface area contributed by atoms with Crippen LogP contribution in [0.3, 0.4) is 0 Å². The van der Waals surface area contributed by atoms with E-state index in [1.54, 1.807) is 12.1 Å².